The highest BCUT2D eigenvalue weighted by atomic mass is 16.5. The number of carbonyl (C=O) groups is 1. The van der Waals surface area contributed by atoms with Crippen LogP contribution in [-0.4, -0.2) is 19.1 Å². The smallest absolute Gasteiger partial charge is 0.265 e. The van der Waals surface area contributed by atoms with E-state index in [0.717, 1.165) is 0 Å². The quantitative estimate of drug-likeness (QED) is 0.733. The molecule has 0 aromatic heterocycles. The fourth-order valence-electron chi connectivity index (χ4n) is 1.37. The molecule has 1 heterocycles. The van der Waals surface area contributed by atoms with E-state index in [1.807, 2.05) is 6.07 Å². The Hall–Kier alpha value is -1.71. The zero-order chi connectivity index (χ0) is 10.1. The summed E-state index contributed by atoms with van der Waals surface area (Å²) in [6, 6.07) is 5.40. The number of ether oxygens (including phenoxy) is 2. The lowest BCUT2D eigenvalue weighted by Crippen LogP contribution is -2.34. The Bertz CT molecular complexity index is 376. The van der Waals surface area contributed by atoms with Gasteiger partial charge in [0.25, 0.3) is 5.91 Å². The number of carbonyl (C=O) groups excluding carboxylic acids is 1. The van der Waals surface area contributed by atoms with Gasteiger partial charge in [0, 0.05) is 0 Å². The molecule has 4 nitrogen and oxygen atoms in total. The van der Waals surface area contributed by atoms with Gasteiger partial charge < -0.3 is 14.8 Å². The van der Waals surface area contributed by atoms with Crippen molar-refractivity contribution in [3.05, 3.63) is 18.2 Å². The van der Waals surface area contributed by atoms with Crippen LogP contribution in [0.15, 0.2) is 18.2 Å². The topological polar surface area (TPSA) is 47.6 Å². The summed E-state index contributed by atoms with van der Waals surface area (Å²) in [5.41, 5.74) is 0.609. The highest BCUT2D eigenvalue weighted by Crippen LogP contribution is 2.37. The third-order valence-corrected chi connectivity index (χ3v) is 2.13. The van der Waals surface area contributed by atoms with Crippen LogP contribution >= 0.6 is 0 Å². The normalized spacial score (nSPS) is 19.3. The van der Waals surface area contributed by atoms with Crippen molar-refractivity contribution in [1.29, 1.82) is 0 Å². The second-order valence-corrected chi connectivity index (χ2v) is 3.08. The third-order valence-electron chi connectivity index (χ3n) is 2.13. The van der Waals surface area contributed by atoms with Crippen molar-refractivity contribution in [1.82, 2.24) is 0 Å². The summed E-state index contributed by atoms with van der Waals surface area (Å²) in [5, 5.41) is 2.74. The molecule has 0 saturated heterocycles. The largest absolute Gasteiger partial charge is 0.494 e. The average molecular weight is 193 g/mol. The maximum absolute atomic E-state index is 11.3. The van der Waals surface area contributed by atoms with Crippen molar-refractivity contribution in [2.75, 3.05) is 12.4 Å². The van der Waals surface area contributed by atoms with Crippen LogP contribution < -0.4 is 14.8 Å². The first-order chi connectivity index (χ1) is 6.72. The van der Waals surface area contributed by atoms with Gasteiger partial charge in [0.2, 0.25) is 0 Å². The Morgan fingerprint density at radius 3 is 3.00 bits per heavy atom. The fraction of sp³-hybridized carbons (Fsp3) is 0.300. The SMILES string of the molecule is COc1cccc2c1NC(=O)C(C)O2. The molecule has 4 heteroatoms. The van der Waals surface area contributed by atoms with Gasteiger partial charge in [0.1, 0.15) is 17.2 Å². The summed E-state index contributed by atoms with van der Waals surface area (Å²) in [6.45, 7) is 1.71. The van der Waals surface area contributed by atoms with Gasteiger partial charge in [0.05, 0.1) is 7.11 Å². The highest BCUT2D eigenvalue weighted by molar-refractivity contribution is 5.99. The summed E-state index contributed by atoms with van der Waals surface area (Å²) in [7, 11) is 1.56. The van der Waals surface area contributed by atoms with Crippen LogP contribution in [0.3, 0.4) is 0 Å². The lowest BCUT2D eigenvalue weighted by Gasteiger charge is -2.24. The number of fused-ring (bicyclic) bond motifs is 1. The van der Waals surface area contributed by atoms with E-state index in [-0.39, 0.29) is 5.91 Å². The van der Waals surface area contributed by atoms with E-state index >= 15 is 0 Å². The zero-order valence-corrected chi connectivity index (χ0v) is 8.03. The van der Waals surface area contributed by atoms with Crippen molar-refractivity contribution >= 4 is 11.6 Å². The van der Waals surface area contributed by atoms with Crippen LogP contribution in [0.1, 0.15) is 6.92 Å². The predicted octanol–water partition coefficient (Wildman–Crippen LogP) is 1.41. The molecule has 1 N–H and O–H groups in total. The molecule has 0 aliphatic carbocycles. The molecule has 0 radical (unpaired) electrons. The number of hydrogen-bond donors (Lipinski definition) is 1. The summed E-state index contributed by atoms with van der Waals surface area (Å²) >= 11 is 0. The second-order valence-electron chi connectivity index (χ2n) is 3.08. The average Bonchev–Trinajstić information content (AvgIpc) is 2.19. The maximum Gasteiger partial charge on any atom is 0.265 e. The number of rotatable bonds is 1. The minimum atomic E-state index is -0.449. The molecule has 1 aromatic carbocycles. The van der Waals surface area contributed by atoms with E-state index in [9.17, 15) is 4.79 Å². The number of para-hydroxylation sites is 1. The van der Waals surface area contributed by atoms with Crippen LogP contribution in [0, 0.1) is 0 Å². The van der Waals surface area contributed by atoms with Crippen molar-refractivity contribution in [3.63, 3.8) is 0 Å². The third kappa shape index (κ3) is 1.28. The molecule has 74 valence electrons. The first kappa shape index (κ1) is 8.87. The lowest BCUT2D eigenvalue weighted by atomic mass is 10.2. The van der Waals surface area contributed by atoms with E-state index in [2.05, 4.69) is 5.32 Å². The van der Waals surface area contributed by atoms with E-state index in [4.69, 9.17) is 9.47 Å². The molecule has 1 unspecified atom stereocenters. The van der Waals surface area contributed by atoms with Gasteiger partial charge in [-0.15, -0.1) is 0 Å². The van der Waals surface area contributed by atoms with Crippen LogP contribution in [-0.2, 0) is 4.79 Å². The molecule has 0 saturated carbocycles. The monoisotopic (exact) mass is 193 g/mol. The van der Waals surface area contributed by atoms with Crippen LogP contribution in [0.2, 0.25) is 0 Å². The van der Waals surface area contributed by atoms with E-state index in [1.54, 1.807) is 26.2 Å². The van der Waals surface area contributed by atoms with Gasteiger partial charge in [-0.3, -0.25) is 4.79 Å². The molecule has 1 amide bonds. The van der Waals surface area contributed by atoms with Gasteiger partial charge in [-0.05, 0) is 19.1 Å². The number of benzene rings is 1. The maximum atomic E-state index is 11.3. The predicted molar refractivity (Wildman–Crippen MR) is 51.7 cm³/mol. The minimum Gasteiger partial charge on any atom is -0.494 e. The van der Waals surface area contributed by atoms with E-state index in [0.29, 0.717) is 17.2 Å². The van der Waals surface area contributed by atoms with Gasteiger partial charge in [-0.2, -0.15) is 0 Å². The van der Waals surface area contributed by atoms with Crippen LogP contribution in [0.5, 0.6) is 11.5 Å². The van der Waals surface area contributed by atoms with Crippen molar-refractivity contribution in [2.45, 2.75) is 13.0 Å². The molecular formula is C10H11NO3. The first-order valence-corrected chi connectivity index (χ1v) is 4.37. The fourth-order valence-corrected chi connectivity index (χ4v) is 1.37. The van der Waals surface area contributed by atoms with Crippen molar-refractivity contribution in [2.24, 2.45) is 0 Å². The van der Waals surface area contributed by atoms with E-state index in [1.165, 1.54) is 0 Å². The molecule has 0 spiro atoms. The number of anilines is 1. The molecule has 1 atom stereocenters. The Morgan fingerprint density at radius 2 is 2.29 bits per heavy atom. The summed E-state index contributed by atoms with van der Waals surface area (Å²) in [6.07, 6.45) is -0.449. The molecule has 1 aliphatic heterocycles. The Labute approximate surface area is 81.8 Å². The van der Waals surface area contributed by atoms with Crippen molar-refractivity contribution in [3.8, 4) is 11.5 Å². The molecule has 1 aliphatic rings. The molecular weight excluding hydrogens is 182 g/mol. The first-order valence-electron chi connectivity index (χ1n) is 4.37. The minimum absolute atomic E-state index is 0.151. The number of hydrogen-bond acceptors (Lipinski definition) is 3. The number of amides is 1. The second kappa shape index (κ2) is 3.21. The molecule has 0 bridgehead atoms. The van der Waals surface area contributed by atoms with E-state index < -0.39 is 6.10 Å². The Balaban J connectivity index is 2.46. The van der Waals surface area contributed by atoms with Gasteiger partial charge >= 0.3 is 0 Å². The van der Waals surface area contributed by atoms with Gasteiger partial charge in [0.15, 0.2) is 6.10 Å². The van der Waals surface area contributed by atoms with Crippen LogP contribution in [0.25, 0.3) is 0 Å². The highest BCUT2D eigenvalue weighted by Gasteiger charge is 2.25. The number of methoxy groups -OCH3 is 1. The summed E-state index contributed by atoms with van der Waals surface area (Å²) < 4.78 is 10.5. The standard InChI is InChI=1S/C10H11NO3/c1-6-10(12)11-9-7(13-2)4-3-5-8(9)14-6/h3-6H,1-2H3,(H,11,12). The molecule has 0 fully saturated rings. The summed E-state index contributed by atoms with van der Waals surface area (Å²) in [5.74, 6) is 1.11. The molecule has 1 aromatic rings. The Kier molecular flexibility index (Phi) is 2.04. The summed E-state index contributed by atoms with van der Waals surface area (Å²) in [4.78, 5) is 11.3. The molecule has 2 rings (SSSR count). The number of nitrogens with one attached hydrogen (secondary N) is 1. The molecule has 14 heavy (non-hydrogen) atoms. The zero-order valence-electron chi connectivity index (χ0n) is 8.03. The van der Waals surface area contributed by atoms with Crippen LogP contribution in [0.4, 0.5) is 5.69 Å². The lowest BCUT2D eigenvalue weighted by molar-refractivity contribution is -0.122. The van der Waals surface area contributed by atoms with Gasteiger partial charge in [-0.25, -0.2) is 0 Å². The van der Waals surface area contributed by atoms with Gasteiger partial charge in [-0.1, -0.05) is 6.07 Å². The Morgan fingerprint density at radius 1 is 1.50 bits per heavy atom. The van der Waals surface area contributed by atoms with Crippen molar-refractivity contribution < 1.29 is 14.3 Å².